The van der Waals surface area contributed by atoms with Gasteiger partial charge in [-0.3, -0.25) is 9.59 Å². The number of likely N-dealkylation sites (N-methyl/N-ethyl adjacent to an activating group) is 1. The fourth-order valence-corrected chi connectivity index (χ4v) is 4.16. The monoisotopic (exact) mass is 333 g/mol. The van der Waals surface area contributed by atoms with Crippen LogP contribution in [0.25, 0.3) is 0 Å². The first-order valence-electron chi connectivity index (χ1n) is 7.95. The number of piperazine rings is 1. The third-order valence-electron chi connectivity index (χ3n) is 4.47. The van der Waals surface area contributed by atoms with E-state index in [1.54, 1.807) is 17.4 Å². The molecule has 6 heteroatoms. The number of fused-ring (bicyclic) bond motifs is 2. The Morgan fingerprint density at radius 2 is 1.96 bits per heavy atom. The van der Waals surface area contributed by atoms with Crippen molar-refractivity contribution >= 4 is 23.2 Å². The van der Waals surface area contributed by atoms with E-state index in [2.05, 4.69) is 0 Å². The number of carbonyl (C=O) groups is 2. The second-order valence-corrected chi connectivity index (χ2v) is 7.85. The summed E-state index contributed by atoms with van der Waals surface area (Å²) in [6.45, 7) is 4.09. The van der Waals surface area contributed by atoms with Crippen molar-refractivity contribution in [2.75, 3.05) is 33.7 Å². The lowest BCUT2D eigenvalue weighted by Gasteiger charge is -2.33. The number of rotatable bonds is 4. The molecule has 0 spiro atoms. The molecule has 23 heavy (non-hydrogen) atoms. The highest BCUT2D eigenvalue weighted by Gasteiger charge is 2.46. The Morgan fingerprint density at radius 3 is 2.52 bits per heavy atom. The summed E-state index contributed by atoms with van der Waals surface area (Å²) in [6.07, 6.45) is 4.46. The van der Waals surface area contributed by atoms with Gasteiger partial charge in [-0.25, -0.2) is 0 Å². The number of nitrogens with zero attached hydrogens (tertiary/aromatic N) is 3. The fourth-order valence-electron chi connectivity index (χ4n) is 3.34. The van der Waals surface area contributed by atoms with Crippen LogP contribution in [0.4, 0.5) is 0 Å². The van der Waals surface area contributed by atoms with Gasteiger partial charge in [0.25, 0.3) is 5.91 Å². The molecule has 2 amide bonds. The summed E-state index contributed by atoms with van der Waals surface area (Å²) in [7, 11) is 3.95. The molecule has 1 aromatic rings. The van der Waals surface area contributed by atoms with Crippen LogP contribution in [0.15, 0.2) is 24.3 Å². The van der Waals surface area contributed by atoms with Crippen LogP contribution < -0.4 is 0 Å². The number of hydrogen-bond donors (Lipinski definition) is 0. The Labute approximate surface area is 141 Å². The molecule has 0 saturated carbocycles. The van der Waals surface area contributed by atoms with Crippen molar-refractivity contribution in [3.63, 3.8) is 0 Å². The molecule has 2 aliphatic rings. The maximum absolute atomic E-state index is 12.6. The number of aryl methyl sites for hydroxylation is 1. The molecule has 2 bridgehead atoms. The number of thiophene rings is 1. The van der Waals surface area contributed by atoms with Crippen LogP contribution >= 0.6 is 11.3 Å². The minimum atomic E-state index is 0.0680. The zero-order chi connectivity index (χ0) is 16.6. The molecule has 1 aromatic heterocycles. The van der Waals surface area contributed by atoms with Crippen molar-refractivity contribution in [1.82, 2.24) is 14.7 Å². The molecule has 2 aliphatic heterocycles. The average molecular weight is 333 g/mol. The minimum absolute atomic E-state index is 0.0680. The van der Waals surface area contributed by atoms with Crippen molar-refractivity contribution in [2.24, 2.45) is 0 Å². The minimum Gasteiger partial charge on any atom is -0.332 e. The second kappa shape index (κ2) is 6.45. The number of carbonyl (C=O) groups excluding carboxylic acids is 2. The summed E-state index contributed by atoms with van der Waals surface area (Å²) in [5.41, 5.74) is 0. The normalized spacial score (nSPS) is 23.5. The number of hydrogen-bond acceptors (Lipinski definition) is 4. The topological polar surface area (TPSA) is 43.9 Å². The smallest absolute Gasteiger partial charge is 0.264 e. The van der Waals surface area contributed by atoms with Gasteiger partial charge in [-0.1, -0.05) is 6.08 Å². The highest BCUT2D eigenvalue weighted by atomic mass is 32.1. The lowest BCUT2D eigenvalue weighted by Crippen LogP contribution is -2.50. The van der Waals surface area contributed by atoms with E-state index in [9.17, 15) is 9.59 Å². The molecule has 2 fully saturated rings. The van der Waals surface area contributed by atoms with Crippen molar-refractivity contribution in [2.45, 2.75) is 25.4 Å². The van der Waals surface area contributed by atoms with E-state index in [0.717, 1.165) is 22.7 Å². The molecule has 0 unspecified atom stereocenters. The van der Waals surface area contributed by atoms with Crippen molar-refractivity contribution < 1.29 is 9.59 Å². The quantitative estimate of drug-likeness (QED) is 0.786. The van der Waals surface area contributed by atoms with Gasteiger partial charge in [0.15, 0.2) is 0 Å². The maximum Gasteiger partial charge on any atom is 0.264 e. The van der Waals surface area contributed by atoms with Gasteiger partial charge in [-0.05, 0) is 39.6 Å². The molecule has 2 atom stereocenters. The van der Waals surface area contributed by atoms with Crippen molar-refractivity contribution in [1.29, 1.82) is 0 Å². The van der Waals surface area contributed by atoms with E-state index in [1.807, 2.05) is 53.9 Å². The van der Waals surface area contributed by atoms with Crippen LogP contribution in [0.2, 0.25) is 0 Å². The lowest BCUT2D eigenvalue weighted by atomic mass is 10.2. The molecule has 5 nitrogen and oxygen atoms in total. The maximum atomic E-state index is 12.6. The van der Waals surface area contributed by atoms with Crippen LogP contribution in [-0.4, -0.2) is 72.3 Å². The summed E-state index contributed by atoms with van der Waals surface area (Å²) in [5.74, 6) is 0.185. The highest BCUT2D eigenvalue weighted by molar-refractivity contribution is 7.13. The Balaban J connectivity index is 1.60. The molecule has 3 rings (SSSR count). The molecule has 124 valence electrons. The first-order valence-corrected chi connectivity index (χ1v) is 8.76. The van der Waals surface area contributed by atoms with Crippen LogP contribution in [0.5, 0.6) is 0 Å². The van der Waals surface area contributed by atoms with E-state index in [0.29, 0.717) is 13.1 Å². The Kier molecular flexibility index (Phi) is 4.55. The van der Waals surface area contributed by atoms with Crippen molar-refractivity contribution in [3.05, 3.63) is 34.0 Å². The van der Waals surface area contributed by atoms with Gasteiger partial charge < -0.3 is 14.7 Å². The third-order valence-corrected chi connectivity index (χ3v) is 5.46. The summed E-state index contributed by atoms with van der Waals surface area (Å²) < 4.78 is 0. The van der Waals surface area contributed by atoms with E-state index >= 15 is 0 Å². The Morgan fingerprint density at radius 1 is 1.26 bits per heavy atom. The van der Waals surface area contributed by atoms with Crippen LogP contribution in [0.3, 0.4) is 0 Å². The average Bonchev–Trinajstić information content (AvgIpc) is 3.20. The van der Waals surface area contributed by atoms with Gasteiger partial charge >= 0.3 is 0 Å². The van der Waals surface area contributed by atoms with Gasteiger partial charge in [0, 0.05) is 30.6 Å². The van der Waals surface area contributed by atoms with Gasteiger partial charge in [-0.15, -0.1) is 11.3 Å². The van der Waals surface area contributed by atoms with Gasteiger partial charge in [0.2, 0.25) is 5.91 Å². The van der Waals surface area contributed by atoms with E-state index in [4.69, 9.17) is 0 Å². The first-order chi connectivity index (χ1) is 11.0. The predicted octanol–water partition coefficient (Wildman–Crippen LogP) is 1.60. The number of likely N-dealkylation sites (tertiary alicyclic amines) is 2. The molecule has 0 radical (unpaired) electrons. The molecular weight excluding hydrogens is 310 g/mol. The Hall–Kier alpha value is -1.66. The van der Waals surface area contributed by atoms with Crippen LogP contribution in [0, 0.1) is 6.92 Å². The zero-order valence-corrected chi connectivity index (χ0v) is 14.7. The van der Waals surface area contributed by atoms with Crippen LogP contribution in [-0.2, 0) is 4.79 Å². The summed E-state index contributed by atoms with van der Waals surface area (Å²) in [4.78, 5) is 32.7. The summed E-state index contributed by atoms with van der Waals surface area (Å²) >= 11 is 1.54. The molecular formula is C17H23N3O2S. The van der Waals surface area contributed by atoms with Gasteiger partial charge in [0.1, 0.15) is 0 Å². The lowest BCUT2D eigenvalue weighted by molar-refractivity contribution is -0.128. The summed E-state index contributed by atoms with van der Waals surface area (Å²) in [6, 6.07) is 4.22. The SMILES string of the molecule is Cc1ccc(C(=O)N2C[C@@H]3C[C@H]2CN3C(=O)/C=C/CN(C)C)s1. The molecule has 0 aromatic carbocycles. The molecule has 3 heterocycles. The van der Waals surface area contributed by atoms with Gasteiger partial charge in [-0.2, -0.15) is 0 Å². The summed E-state index contributed by atoms with van der Waals surface area (Å²) in [5, 5.41) is 0. The fraction of sp³-hybridized carbons (Fsp3) is 0.529. The third kappa shape index (κ3) is 3.33. The predicted molar refractivity (Wildman–Crippen MR) is 91.7 cm³/mol. The second-order valence-electron chi connectivity index (χ2n) is 6.57. The van der Waals surface area contributed by atoms with E-state index in [1.165, 1.54) is 0 Å². The zero-order valence-electron chi connectivity index (χ0n) is 13.9. The molecule has 0 N–H and O–H groups in total. The highest BCUT2D eigenvalue weighted by Crippen LogP contribution is 2.33. The van der Waals surface area contributed by atoms with E-state index < -0.39 is 0 Å². The number of amides is 2. The standard InChI is InChI=1S/C17H23N3O2S/c1-12-6-7-15(23-12)17(22)20-11-13-9-14(20)10-19(13)16(21)5-4-8-18(2)3/h4-7,13-14H,8-11H2,1-3H3/b5-4+/t13-,14-/m0/s1. The Bertz CT molecular complexity index is 638. The largest absolute Gasteiger partial charge is 0.332 e. The van der Waals surface area contributed by atoms with Crippen LogP contribution in [0.1, 0.15) is 21.0 Å². The first kappa shape index (κ1) is 16.2. The molecule has 2 saturated heterocycles. The van der Waals surface area contributed by atoms with Crippen molar-refractivity contribution in [3.8, 4) is 0 Å². The van der Waals surface area contributed by atoms with E-state index in [-0.39, 0.29) is 23.9 Å². The van der Waals surface area contributed by atoms with Gasteiger partial charge in [0.05, 0.1) is 17.0 Å². The molecule has 0 aliphatic carbocycles.